The second kappa shape index (κ2) is 7.99. The minimum Gasteiger partial charge on any atom is -0.392 e. The average Bonchev–Trinajstić information content (AvgIpc) is 3.10. The van der Waals surface area contributed by atoms with Crippen LogP contribution in [-0.2, 0) is 21.4 Å². The Bertz CT molecular complexity index is 1400. The molecule has 1 aromatic heterocycles. The van der Waals surface area contributed by atoms with Crippen LogP contribution in [0.2, 0.25) is 0 Å². The lowest BCUT2D eigenvalue weighted by Gasteiger charge is -2.26. The molecule has 3 aromatic rings. The van der Waals surface area contributed by atoms with E-state index in [1.54, 1.807) is 37.3 Å². The highest BCUT2D eigenvalue weighted by atomic mass is 32.2. The van der Waals surface area contributed by atoms with Crippen LogP contribution in [0.1, 0.15) is 32.0 Å². The van der Waals surface area contributed by atoms with Gasteiger partial charge in [0.2, 0.25) is 10.0 Å². The van der Waals surface area contributed by atoms with E-state index in [0.29, 0.717) is 41.1 Å². The summed E-state index contributed by atoms with van der Waals surface area (Å²) in [5.41, 5.74) is 2.16. The summed E-state index contributed by atoms with van der Waals surface area (Å²) in [7, 11) is -3.79. The predicted molar refractivity (Wildman–Crippen MR) is 120 cm³/mol. The van der Waals surface area contributed by atoms with E-state index in [1.165, 1.54) is 16.4 Å². The topological polar surface area (TPSA) is 117 Å². The van der Waals surface area contributed by atoms with Crippen LogP contribution in [0.15, 0.2) is 47.4 Å². The second-order valence-electron chi connectivity index (χ2n) is 7.91. The van der Waals surface area contributed by atoms with E-state index in [4.69, 9.17) is 4.74 Å². The molecule has 1 saturated heterocycles. The minimum absolute atomic E-state index is 0.0377. The van der Waals surface area contributed by atoms with Gasteiger partial charge in [-0.15, -0.1) is 0 Å². The van der Waals surface area contributed by atoms with Gasteiger partial charge in [0, 0.05) is 18.5 Å². The highest BCUT2D eigenvalue weighted by Crippen LogP contribution is 2.35. The summed E-state index contributed by atoms with van der Waals surface area (Å²) in [4.78, 5) is 32.2. The second-order valence-corrected chi connectivity index (χ2v) is 9.85. The predicted octanol–water partition coefficient (Wildman–Crippen LogP) is 1.86. The Morgan fingerprint density at radius 3 is 2.33 bits per heavy atom. The van der Waals surface area contributed by atoms with Crippen molar-refractivity contribution in [3.05, 3.63) is 64.8 Å². The van der Waals surface area contributed by atoms with E-state index < -0.39 is 21.8 Å². The van der Waals surface area contributed by atoms with E-state index in [1.807, 2.05) is 0 Å². The fraction of sp³-hybridized carbons (Fsp3) is 0.261. The average molecular weight is 468 g/mol. The van der Waals surface area contributed by atoms with Crippen molar-refractivity contribution in [2.24, 2.45) is 0 Å². The number of aryl methyl sites for hydroxylation is 1. The van der Waals surface area contributed by atoms with E-state index in [9.17, 15) is 23.1 Å². The number of morpholine rings is 1. The highest BCUT2D eigenvalue weighted by molar-refractivity contribution is 7.89. The molecule has 2 aliphatic rings. The lowest BCUT2D eigenvalue weighted by molar-refractivity contribution is 0.0730. The molecule has 0 unspecified atom stereocenters. The number of aliphatic hydroxyl groups excluding tert-OH is 1. The monoisotopic (exact) mass is 467 g/mol. The number of carbonyl (C=O) groups excluding carboxylic acids is 2. The third-order valence-electron chi connectivity index (χ3n) is 5.96. The molecule has 2 amide bonds. The largest absolute Gasteiger partial charge is 0.392 e. The third kappa shape index (κ3) is 3.42. The van der Waals surface area contributed by atoms with Crippen LogP contribution < -0.4 is 4.90 Å². The van der Waals surface area contributed by atoms with Crippen LogP contribution in [0, 0.1) is 6.92 Å². The first-order valence-corrected chi connectivity index (χ1v) is 11.9. The number of aromatic nitrogens is 1. The Labute approximate surface area is 190 Å². The van der Waals surface area contributed by atoms with E-state index >= 15 is 0 Å². The van der Waals surface area contributed by atoms with Gasteiger partial charge in [0.25, 0.3) is 11.8 Å². The molecule has 1 N–H and O–H groups in total. The van der Waals surface area contributed by atoms with Crippen LogP contribution in [-0.4, -0.2) is 60.9 Å². The van der Waals surface area contributed by atoms with Crippen molar-refractivity contribution in [3.63, 3.8) is 0 Å². The van der Waals surface area contributed by atoms with Crippen molar-refractivity contribution >= 4 is 38.4 Å². The maximum absolute atomic E-state index is 13.4. The van der Waals surface area contributed by atoms with Crippen molar-refractivity contribution in [3.8, 4) is 0 Å². The van der Waals surface area contributed by atoms with Gasteiger partial charge in [0.05, 0.1) is 52.7 Å². The van der Waals surface area contributed by atoms with Crippen molar-refractivity contribution in [2.75, 3.05) is 31.2 Å². The highest BCUT2D eigenvalue weighted by Gasteiger charge is 2.40. The van der Waals surface area contributed by atoms with Gasteiger partial charge in [-0.2, -0.15) is 4.31 Å². The first-order valence-electron chi connectivity index (χ1n) is 10.4. The van der Waals surface area contributed by atoms with Crippen molar-refractivity contribution < 1.29 is 27.9 Å². The molecule has 0 saturated carbocycles. The van der Waals surface area contributed by atoms with E-state index in [-0.39, 0.29) is 35.7 Å². The number of carbonyl (C=O) groups is 2. The number of amides is 2. The maximum atomic E-state index is 13.4. The summed E-state index contributed by atoms with van der Waals surface area (Å²) in [5, 5.41) is 9.58. The van der Waals surface area contributed by atoms with Gasteiger partial charge in [-0.1, -0.05) is 12.1 Å². The van der Waals surface area contributed by atoms with Crippen molar-refractivity contribution in [1.29, 1.82) is 0 Å². The Morgan fingerprint density at radius 2 is 1.67 bits per heavy atom. The van der Waals surface area contributed by atoms with Crippen LogP contribution in [0.25, 0.3) is 10.9 Å². The lowest BCUT2D eigenvalue weighted by Crippen LogP contribution is -2.40. The third-order valence-corrected chi connectivity index (χ3v) is 7.85. The number of imide groups is 1. The molecule has 0 bridgehead atoms. The van der Waals surface area contributed by atoms with Crippen molar-refractivity contribution in [2.45, 2.75) is 18.4 Å². The molecule has 3 heterocycles. The van der Waals surface area contributed by atoms with Gasteiger partial charge in [-0.3, -0.25) is 14.6 Å². The van der Waals surface area contributed by atoms with E-state index in [2.05, 4.69) is 4.98 Å². The smallest absolute Gasteiger partial charge is 0.268 e. The molecule has 0 spiro atoms. The normalized spacial score (nSPS) is 17.1. The standard InChI is InChI=1S/C23H21N3O6S/c1-14-20-21(23(29)26(22(20)28)16-4-2-15(13-27)3-5-16)18-12-17(6-7-19(18)24-14)33(30,31)25-8-10-32-11-9-25/h2-7,12,27H,8-11,13H2,1H3. The fourth-order valence-corrected chi connectivity index (χ4v) is 5.68. The zero-order valence-corrected chi connectivity index (χ0v) is 18.6. The summed E-state index contributed by atoms with van der Waals surface area (Å²) < 4.78 is 32.9. The molecule has 0 aliphatic carbocycles. The van der Waals surface area contributed by atoms with Crippen molar-refractivity contribution in [1.82, 2.24) is 9.29 Å². The molecule has 170 valence electrons. The molecule has 33 heavy (non-hydrogen) atoms. The van der Waals surface area contributed by atoms with E-state index in [0.717, 1.165) is 4.90 Å². The molecule has 2 aromatic carbocycles. The lowest BCUT2D eigenvalue weighted by atomic mass is 10.0. The van der Waals surface area contributed by atoms with Crippen LogP contribution in [0.4, 0.5) is 5.69 Å². The summed E-state index contributed by atoms with van der Waals surface area (Å²) >= 11 is 0. The molecule has 9 nitrogen and oxygen atoms in total. The number of hydrogen-bond acceptors (Lipinski definition) is 7. The molecule has 0 radical (unpaired) electrons. The number of pyridine rings is 1. The first kappa shape index (κ1) is 21.7. The SMILES string of the molecule is Cc1nc2ccc(S(=O)(=O)N3CCOCC3)cc2c2c1C(=O)N(c1ccc(CO)cc1)C2=O. The number of anilines is 1. The number of sulfonamides is 1. The van der Waals surface area contributed by atoms with Gasteiger partial charge in [-0.05, 0) is 42.8 Å². The number of aliphatic hydroxyl groups is 1. The Hall–Kier alpha value is -3.18. The zero-order valence-electron chi connectivity index (χ0n) is 17.8. The summed E-state index contributed by atoms with van der Waals surface area (Å²) in [6.07, 6.45) is 0. The number of fused-ring (bicyclic) bond motifs is 3. The fourth-order valence-electron chi connectivity index (χ4n) is 4.25. The zero-order chi connectivity index (χ0) is 23.3. The number of benzene rings is 2. The summed E-state index contributed by atoms with van der Waals surface area (Å²) in [6, 6.07) is 10.9. The molecular weight excluding hydrogens is 446 g/mol. The molecule has 0 atom stereocenters. The molecule has 10 heteroatoms. The van der Waals surface area contributed by atoms with Crippen LogP contribution >= 0.6 is 0 Å². The van der Waals surface area contributed by atoms with Crippen LogP contribution in [0.5, 0.6) is 0 Å². The van der Waals surface area contributed by atoms with Gasteiger partial charge in [0.1, 0.15) is 0 Å². The van der Waals surface area contributed by atoms with Gasteiger partial charge < -0.3 is 9.84 Å². The maximum Gasteiger partial charge on any atom is 0.268 e. The molecule has 5 rings (SSSR count). The van der Waals surface area contributed by atoms with Gasteiger partial charge in [-0.25, -0.2) is 13.3 Å². The molecule has 1 fully saturated rings. The Balaban J connectivity index is 1.64. The van der Waals surface area contributed by atoms with Gasteiger partial charge >= 0.3 is 0 Å². The number of nitrogens with zero attached hydrogens (tertiary/aromatic N) is 3. The molecule has 2 aliphatic heterocycles. The summed E-state index contributed by atoms with van der Waals surface area (Å²) in [6.45, 7) is 2.63. The number of hydrogen-bond donors (Lipinski definition) is 1. The quantitative estimate of drug-likeness (QED) is 0.582. The Morgan fingerprint density at radius 1 is 1.00 bits per heavy atom. The first-order chi connectivity index (χ1) is 15.8. The number of rotatable bonds is 4. The molecular formula is C23H21N3O6S. The van der Waals surface area contributed by atoms with Crippen LogP contribution in [0.3, 0.4) is 0 Å². The number of ether oxygens (including phenoxy) is 1. The Kier molecular flexibility index (Phi) is 5.25. The minimum atomic E-state index is -3.79. The van der Waals surface area contributed by atoms with Gasteiger partial charge in [0.15, 0.2) is 0 Å². The summed E-state index contributed by atoms with van der Waals surface area (Å²) in [5.74, 6) is -1.05.